The number of aromatic nitrogens is 3. The number of unbranched alkanes of at least 4 members (excludes halogenated alkanes) is 1. The molecule has 0 aliphatic heterocycles. The van der Waals surface area contributed by atoms with Crippen molar-refractivity contribution < 1.29 is 8.78 Å². The van der Waals surface area contributed by atoms with Gasteiger partial charge in [-0.1, -0.05) is 12.1 Å². The van der Waals surface area contributed by atoms with Gasteiger partial charge in [-0.15, -0.1) is 0 Å². The van der Waals surface area contributed by atoms with E-state index in [2.05, 4.69) is 20.3 Å². The molecule has 38 heavy (non-hydrogen) atoms. The van der Waals surface area contributed by atoms with E-state index in [-0.39, 0.29) is 11.8 Å². The SMILES string of the molecule is NCCCCc1ccc(F)c(-c2cc3cn(-c4ccc(CNCCCN=C(N)N)c(F)c4)c(=O)nc3[nH]2)c1. The first-order valence-corrected chi connectivity index (χ1v) is 12.5. The maximum atomic E-state index is 14.8. The van der Waals surface area contributed by atoms with Crippen LogP contribution in [0.2, 0.25) is 0 Å². The average Bonchev–Trinajstić information content (AvgIpc) is 3.30. The van der Waals surface area contributed by atoms with Gasteiger partial charge in [-0.25, -0.2) is 13.6 Å². The van der Waals surface area contributed by atoms with E-state index >= 15 is 0 Å². The Morgan fingerprint density at radius 1 is 1.05 bits per heavy atom. The molecule has 0 unspecified atom stereocenters. The van der Waals surface area contributed by atoms with E-state index in [9.17, 15) is 13.6 Å². The molecule has 0 spiro atoms. The summed E-state index contributed by atoms with van der Waals surface area (Å²) in [5, 5.41) is 3.74. The highest BCUT2D eigenvalue weighted by molar-refractivity contribution is 5.82. The zero-order valence-corrected chi connectivity index (χ0v) is 21.0. The number of H-pyrrole nitrogens is 1. The van der Waals surface area contributed by atoms with E-state index in [4.69, 9.17) is 17.2 Å². The van der Waals surface area contributed by atoms with Crippen LogP contribution in [0.15, 0.2) is 58.4 Å². The molecule has 9 nitrogen and oxygen atoms in total. The molecule has 0 saturated heterocycles. The van der Waals surface area contributed by atoms with Crippen LogP contribution in [-0.2, 0) is 13.0 Å². The van der Waals surface area contributed by atoms with Crippen LogP contribution in [0.1, 0.15) is 30.4 Å². The minimum Gasteiger partial charge on any atom is -0.370 e. The summed E-state index contributed by atoms with van der Waals surface area (Å²) in [6.45, 7) is 2.04. The molecule has 0 radical (unpaired) electrons. The highest BCUT2D eigenvalue weighted by Crippen LogP contribution is 2.27. The number of fused-ring (bicyclic) bond motifs is 1. The summed E-state index contributed by atoms with van der Waals surface area (Å²) in [4.78, 5) is 23.8. The predicted molar refractivity (Wildman–Crippen MR) is 146 cm³/mol. The third-order valence-electron chi connectivity index (χ3n) is 6.18. The van der Waals surface area contributed by atoms with E-state index in [1.807, 2.05) is 0 Å². The topological polar surface area (TPSA) is 153 Å². The van der Waals surface area contributed by atoms with E-state index in [0.29, 0.717) is 66.1 Å². The monoisotopic (exact) mass is 522 g/mol. The van der Waals surface area contributed by atoms with Gasteiger partial charge in [0.2, 0.25) is 0 Å². The largest absolute Gasteiger partial charge is 0.370 e. The molecule has 0 saturated carbocycles. The van der Waals surface area contributed by atoms with Crippen LogP contribution in [0.4, 0.5) is 8.78 Å². The van der Waals surface area contributed by atoms with Crippen LogP contribution in [0.3, 0.4) is 0 Å². The molecule has 8 N–H and O–H groups in total. The van der Waals surface area contributed by atoms with Crippen LogP contribution in [-0.4, -0.2) is 40.1 Å². The van der Waals surface area contributed by atoms with Crippen molar-refractivity contribution in [3.8, 4) is 16.9 Å². The zero-order chi connectivity index (χ0) is 27.1. The number of nitrogens with one attached hydrogen (secondary N) is 2. The number of nitrogens with zero attached hydrogens (tertiary/aromatic N) is 3. The third kappa shape index (κ3) is 6.61. The fourth-order valence-corrected chi connectivity index (χ4v) is 4.20. The Labute approximate surface area is 218 Å². The number of hydrogen-bond donors (Lipinski definition) is 5. The van der Waals surface area contributed by atoms with Gasteiger partial charge in [0.1, 0.15) is 17.3 Å². The second kappa shape index (κ2) is 12.4. The van der Waals surface area contributed by atoms with Crippen molar-refractivity contribution in [3.05, 3.63) is 81.9 Å². The molecule has 200 valence electrons. The van der Waals surface area contributed by atoms with Gasteiger partial charge in [0.25, 0.3) is 0 Å². The number of guanidine groups is 1. The Morgan fingerprint density at radius 3 is 2.66 bits per heavy atom. The van der Waals surface area contributed by atoms with Crippen LogP contribution in [0, 0.1) is 11.6 Å². The Bertz CT molecular complexity index is 1490. The lowest BCUT2D eigenvalue weighted by Crippen LogP contribution is -2.23. The van der Waals surface area contributed by atoms with Crippen LogP contribution < -0.4 is 28.2 Å². The average molecular weight is 523 g/mol. The second-order valence-corrected chi connectivity index (χ2v) is 9.05. The molecule has 0 aliphatic rings. The number of aromatic amines is 1. The minimum absolute atomic E-state index is 0.0424. The highest BCUT2D eigenvalue weighted by Gasteiger charge is 2.13. The Kier molecular flexibility index (Phi) is 8.82. The van der Waals surface area contributed by atoms with Gasteiger partial charge >= 0.3 is 5.69 Å². The van der Waals surface area contributed by atoms with Crippen molar-refractivity contribution >= 4 is 17.0 Å². The molecule has 0 amide bonds. The molecule has 11 heteroatoms. The summed E-state index contributed by atoms with van der Waals surface area (Å²) in [6.07, 6.45) is 4.89. The maximum absolute atomic E-state index is 14.8. The normalized spacial score (nSPS) is 11.2. The van der Waals surface area contributed by atoms with Crippen LogP contribution in [0.5, 0.6) is 0 Å². The van der Waals surface area contributed by atoms with Gasteiger partial charge in [0, 0.05) is 35.8 Å². The van der Waals surface area contributed by atoms with Crippen molar-refractivity contribution in [1.29, 1.82) is 0 Å². The number of rotatable bonds is 12. The summed E-state index contributed by atoms with van der Waals surface area (Å²) in [5.41, 5.74) is 18.6. The lowest BCUT2D eigenvalue weighted by atomic mass is 10.0. The van der Waals surface area contributed by atoms with Crippen LogP contribution >= 0.6 is 0 Å². The highest BCUT2D eigenvalue weighted by atomic mass is 19.1. The summed E-state index contributed by atoms with van der Waals surface area (Å²) in [5.74, 6) is -0.785. The summed E-state index contributed by atoms with van der Waals surface area (Å²) in [7, 11) is 0. The summed E-state index contributed by atoms with van der Waals surface area (Å²) in [6, 6.07) is 11.3. The number of aliphatic imine (C=N–C) groups is 1. The van der Waals surface area contributed by atoms with Gasteiger partial charge in [-0.2, -0.15) is 4.98 Å². The van der Waals surface area contributed by atoms with Gasteiger partial charge in [0.05, 0.1) is 11.4 Å². The standard InChI is InChI=1S/C27H32F2N8O/c28-22-8-5-17(4-1-2-9-30)12-21(22)24-13-19-16-37(27(38)36-25(19)35-24)20-7-6-18(23(29)14-20)15-33-10-3-11-34-26(31)32/h5-8,12-14,16,33H,1-4,9-11,15,30H2,(H4,31,32,34)(H,35,36,38). The van der Waals surface area contributed by atoms with E-state index < -0.39 is 11.5 Å². The first-order chi connectivity index (χ1) is 18.4. The summed E-state index contributed by atoms with van der Waals surface area (Å²) >= 11 is 0. The van der Waals surface area contributed by atoms with Crippen LogP contribution in [0.25, 0.3) is 28.0 Å². The molecular weight excluding hydrogens is 490 g/mol. The lowest BCUT2D eigenvalue weighted by molar-refractivity contribution is 0.582. The van der Waals surface area contributed by atoms with Crippen molar-refractivity contribution in [1.82, 2.24) is 19.9 Å². The molecule has 2 aromatic carbocycles. The maximum Gasteiger partial charge on any atom is 0.354 e. The summed E-state index contributed by atoms with van der Waals surface area (Å²) < 4.78 is 30.7. The molecule has 0 fully saturated rings. The number of hydrogen-bond acceptors (Lipinski definition) is 5. The molecule has 0 aliphatic carbocycles. The van der Waals surface area contributed by atoms with E-state index in [1.165, 1.54) is 16.7 Å². The molecule has 4 aromatic rings. The first kappa shape index (κ1) is 27.0. The molecular formula is C27H32F2N8O. The Hall–Kier alpha value is -4.09. The molecule has 2 heterocycles. The van der Waals surface area contributed by atoms with Gasteiger partial charge < -0.3 is 27.5 Å². The molecule has 4 rings (SSSR count). The third-order valence-corrected chi connectivity index (χ3v) is 6.18. The number of aryl methyl sites for hydroxylation is 1. The first-order valence-electron chi connectivity index (χ1n) is 12.5. The second-order valence-electron chi connectivity index (χ2n) is 9.05. The minimum atomic E-state index is -0.577. The lowest BCUT2D eigenvalue weighted by Gasteiger charge is -2.09. The number of halogens is 2. The molecule has 0 bridgehead atoms. The van der Waals surface area contributed by atoms with Crippen molar-refractivity contribution in [2.75, 3.05) is 19.6 Å². The van der Waals surface area contributed by atoms with E-state index in [0.717, 1.165) is 24.8 Å². The zero-order valence-electron chi connectivity index (χ0n) is 21.0. The molecule has 0 atom stereocenters. The number of nitrogens with two attached hydrogens (primary N) is 3. The van der Waals surface area contributed by atoms with Crippen molar-refractivity contribution in [3.63, 3.8) is 0 Å². The predicted octanol–water partition coefficient (Wildman–Crippen LogP) is 2.69. The van der Waals surface area contributed by atoms with Gasteiger partial charge in [-0.3, -0.25) is 9.56 Å². The van der Waals surface area contributed by atoms with Crippen molar-refractivity contribution in [2.45, 2.75) is 32.2 Å². The molecule has 2 aromatic heterocycles. The Morgan fingerprint density at radius 2 is 1.89 bits per heavy atom. The smallest absolute Gasteiger partial charge is 0.354 e. The van der Waals surface area contributed by atoms with Gasteiger partial charge in [-0.05, 0) is 74.7 Å². The fourth-order valence-electron chi connectivity index (χ4n) is 4.20. The Balaban J connectivity index is 1.52. The quantitative estimate of drug-likeness (QED) is 0.110. The van der Waals surface area contributed by atoms with Crippen molar-refractivity contribution in [2.24, 2.45) is 22.2 Å². The van der Waals surface area contributed by atoms with Gasteiger partial charge in [0.15, 0.2) is 5.96 Å². The number of benzene rings is 2. The fraction of sp³-hybridized carbons (Fsp3) is 0.296. The van der Waals surface area contributed by atoms with E-state index in [1.54, 1.807) is 36.5 Å².